The molecule has 1 rings (SSSR count). The van der Waals surface area contributed by atoms with Crippen molar-refractivity contribution in [1.29, 1.82) is 0 Å². The van der Waals surface area contributed by atoms with Crippen LogP contribution in [0.5, 0.6) is 0 Å². The lowest BCUT2D eigenvalue weighted by atomic mass is 10.0. The highest BCUT2D eigenvalue weighted by atomic mass is 19.2. The van der Waals surface area contributed by atoms with Gasteiger partial charge in [-0.05, 0) is 13.3 Å². The molecule has 0 aliphatic carbocycles. The molecule has 0 N–H and O–H groups in total. The lowest BCUT2D eigenvalue weighted by Crippen LogP contribution is -2.30. The largest absolute Gasteiger partial charge is 0.469 e. The van der Waals surface area contributed by atoms with Crippen molar-refractivity contribution in [3.63, 3.8) is 0 Å². The summed E-state index contributed by atoms with van der Waals surface area (Å²) in [5.74, 6) is -8.82. The molecule has 0 atom stereocenters. The van der Waals surface area contributed by atoms with E-state index in [1.807, 2.05) is 0 Å². The number of amides is 1. The van der Waals surface area contributed by atoms with E-state index in [1.54, 1.807) is 0 Å². The van der Waals surface area contributed by atoms with Crippen molar-refractivity contribution in [2.45, 2.75) is 19.8 Å². The second kappa shape index (κ2) is 7.24. The van der Waals surface area contributed by atoms with Crippen molar-refractivity contribution < 1.29 is 31.9 Å². The van der Waals surface area contributed by atoms with Gasteiger partial charge in [-0.3, -0.25) is 9.59 Å². The van der Waals surface area contributed by atoms with Gasteiger partial charge in [0.1, 0.15) is 0 Å². The fourth-order valence-corrected chi connectivity index (χ4v) is 1.85. The first-order chi connectivity index (χ1) is 10.2. The molecule has 1 amide bonds. The Morgan fingerprint density at radius 3 is 2.14 bits per heavy atom. The van der Waals surface area contributed by atoms with E-state index in [0.29, 0.717) is 0 Å². The standard InChI is InChI=1S/C14H15F4NO3/c1-7-9(11(16)13(18)12(17)10(7)15)14(21)19(2)6-4-5-8(20)22-3/h4-6H2,1-3H3. The Morgan fingerprint density at radius 2 is 1.59 bits per heavy atom. The number of ether oxygens (including phenoxy) is 1. The molecule has 0 heterocycles. The topological polar surface area (TPSA) is 46.6 Å². The third-order valence-electron chi connectivity index (χ3n) is 3.16. The van der Waals surface area contributed by atoms with Gasteiger partial charge >= 0.3 is 5.97 Å². The van der Waals surface area contributed by atoms with E-state index in [2.05, 4.69) is 4.74 Å². The monoisotopic (exact) mass is 321 g/mol. The minimum absolute atomic E-state index is 0.0295. The lowest BCUT2D eigenvalue weighted by molar-refractivity contribution is -0.140. The maximum atomic E-state index is 13.7. The Balaban J connectivity index is 2.96. The van der Waals surface area contributed by atoms with Gasteiger partial charge in [0.05, 0.1) is 12.7 Å². The van der Waals surface area contributed by atoms with Crippen LogP contribution in [0.3, 0.4) is 0 Å². The van der Waals surface area contributed by atoms with Crippen LogP contribution < -0.4 is 0 Å². The quantitative estimate of drug-likeness (QED) is 0.362. The van der Waals surface area contributed by atoms with E-state index in [9.17, 15) is 27.2 Å². The van der Waals surface area contributed by atoms with Crippen LogP contribution in [0.4, 0.5) is 17.6 Å². The molecule has 0 saturated heterocycles. The number of esters is 1. The molecule has 8 heteroatoms. The number of hydrogen-bond acceptors (Lipinski definition) is 3. The molecule has 122 valence electrons. The average molecular weight is 321 g/mol. The highest BCUT2D eigenvalue weighted by molar-refractivity contribution is 5.95. The fourth-order valence-electron chi connectivity index (χ4n) is 1.85. The van der Waals surface area contributed by atoms with Crippen LogP contribution in [-0.4, -0.2) is 37.5 Å². The van der Waals surface area contributed by atoms with E-state index in [1.165, 1.54) is 14.2 Å². The predicted octanol–water partition coefficient (Wildman–Crippen LogP) is 2.58. The number of hydrogen-bond donors (Lipinski definition) is 0. The van der Waals surface area contributed by atoms with Gasteiger partial charge in [-0.15, -0.1) is 0 Å². The summed E-state index contributed by atoms with van der Waals surface area (Å²) in [4.78, 5) is 24.0. The molecule has 0 aromatic heterocycles. The van der Waals surface area contributed by atoms with Gasteiger partial charge in [-0.2, -0.15) is 0 Å². The molecular formula is C14H15F4NO3. The van der Waals surface area contributed by atoms with Crippen LogP contribution >= 0.6 is 0 Å². The minimum Gasteiger partial charge on any atom is -0.469 e. The smallest absolute Gasteiger partial charge is 0.305 e. The summed E-state index contributed by atoms with van der Waals surface area (Å²) in [5.41, 5.74) is -1.47. The van der Waals surface area contributed by atoms with Gasteiger partial charge in [0.2, 0.25) is 0 Å². The summed E-state index contributed by atoms with van der Waals surface area (Å²) in [5, 5.41) is 0. The van der Waals surface area contributed by atoms with Crippen molar-refractivity contribution >= 4 is 11.9 Å². The fraction of sp³-hybridized carbons (Fsp3) is 0.429. The van der Waals surface area contributed by atoms with Gasteiger partial charge in [-0.25, -0.2) is 17.6 Å². The molecule has 0 aliphatic heterocycles. The highest BCUT2D eigenvalue weighted by Crippen LogP contribution is 2.24. The zero-order valence-electron chi connectivity index (χ0n) is 12.3. The average Bonchev–Trinajstić information content (AvgIpc) is 2.50. The van der Waals surface area contributed by atoms with E-state index >= 15 is 0 Å². The molecule has 1 aromatic carbocycles. The van der Waals surface area contributed by atoms with E-state index in [4.69, 9.17) is 0 Å². The molecule has 0 unspecified atom stereocenters. The number of benzene rings is 1. The third-order valence-corrected chi connectivity index (χ3v) is 3.16. The number of halogens is 4. The Bertz CT molecular complexity index is 575. The van der Waals surface area contributed by atoms with Gasteiger partial charge in [0, 0.05) is 25.6 Å². The van der Waals surface area contributed by atoms with E-state index in [-0.39, 0.29) is 19.4 Å². The Hall–Kier alpha value is -2.12. The molecule has 0 spiro atoms. The van der Waals surface area contributed by atoms with E-state index < -0.39 is 46.3 Å². The van der Waals surface area contributed by atoms with Crippen LogP contribution in [-0.2, 0) is 9.53 Å². The number of nitrogens with zero attached hydrogens (tertiary/aromatic N) is 1. The second-order valence-electron chi connectivity index (χ2n) is 4.66. The molecule has 0 bridgehead atoms. The first kappa shape index (κ1) is 17.9. The van der Waals surface area contributed by atoms with Crippen molar-refractivity contribution in [2.24, 2.45) is 0 Å². The molecule has 1 aromatic rings. The zero-order chi connectivity index (χ0) is 17.0. The van der Waals surface area contributed by atoms with Gasteiger partial charge < -0.3 is 9.64 Å². The summed E-state index contributed by atoms with van der Waals surface area (Å²) in [6, 6.07) is 0. The summed E-state index contributed by atoms with van der Waals surface area (Å²) in [6.45, 7) is 1.02. The SMILES string of the molecule is COC(=O)CCCN(C)C(=O)c1c(C)c(F)c(F)c(F)c1F. The predicted molar refractivity (Wildman–Crippen MR) is 69.2 cm³/mol. The minimum atomic E-state index is -2.03. The van der Waals surface area contributed by atoms with Crippen molar-refractivity contribution in [3.05, 3.63) is 34.4 Å². The summed E-state index contributed by atoms with van der Waals surface area (Å²) in [7, 11) is 2.48. The number of methoxy groups -OCH3 is 1. The maximum absolute atomic E-state index is 13.7. The first-order valence-electron chi connectivity index (χ1n) is 6.37. The van der Waals surface area contributed by atoms with Crippen LogP contribution in [0.25, 0.3) is 0 Å². The summed E-state index contributed by atoms with van der Waals surface area (Å²) in [6.07, 6.45) is 0.253. The van der Waals surface area contributed by atoms with Gasteiger partial charge in [0.25, 0.3) is 5.91 Å². The molecule has 22 heavy (non-hydrogen) atoms. The lowest BCUT2D eigenvalue weighted by Gasteiger charge is -2.19. The second-order valence-corrected chi connectivity index (χ2v) is 4.66. The molecule has 0 saturated carbocycles. The Labute approximate surface area is 124 Å². The number of rotatable bonds is 5. The summed E-state index contributed by atoms with van der Waals surface area (Å²) >= 11 is 0. The maximum Gasteiger partial charge on any atom is 0.305 e. The van der Waals surface area contributed by atoms with Crippen LogP contribution in [0.2, 0.25) is 0 Å². The van der Waals surface area contributed by atoms with E-state index in [0.717, 1.165) is 11.8 Å². The van der Waals surface area contributed by atoms with Crippen LogP contribution in [0.1, 0.15) is 28.8 Å². The first-order valence-corrected chi connectivity index (χ1v) is 6.37. The van der Waals surface area contributed by atoms with Crippen LogP contribution in [0.15, 0.2) is 0 Å². The molecule has 4 nitrogen and oxygen atoms in total. The highest BCUT2D eigenvalue weighted by Gasteiger charge is 2.28. The van der Waals surface area contributed by atoms with Gasteiger partial charge in [0.15, 0.2) is 23.3 Å². The zero-order valence-corrected chi connectivity index (χ0v) is 12.3. The van der Waals surface area contributed by atoms with Crippen molar-refractivity contribution in [2.75, 3.05) is 20.7 Å². The summed E-state index contributed by atoms with van der Waals surface area (Å²) < 4.78 is 57.9. The third kappa shape index (κ3) is 3.55. The van der Waals surface area contributed by atoms with Crippen molar-refractivity contribution in [1.82, 2.24) is 4.90 Å². The Morgan fingerprint density at radius 1 is 1.05 bits per heavy atom. The Kier molecular flexibility index (Phi) is 5.90. The van der Waals surface area contributed by atoms with Crippen LogP contribution in [0, 0.1) is 30.2 Å². The molecule has 0 radical (unpaired) electrons. The number of carbonyl (C=O) groups excluding carboxylic acids is 2. The molecule has 0 fully saturated rings. The van der Waals surface area contributed by atoms with Gasteiger partial charge in [-0.1, -0.05) is 0 Å². The van der Waals surface area contributed by atoms with Crippen molar-refractivity contribution in [3.8, 4) is 0 Å². The molecule has 0 aliphatic rings. The number of carbonyl (C=O) groups is 2. The molecular weight excluding hydrogens is 306 g/mol. The normalized spacial score (nSPS) is 10.5.